The third-order valence-corrected chi connectivity index (χ3v) is 3.56. The molecule has 1 amide bonds. The molecule has 0 aliphatic carbocycles. The zero-order valence-corrected chi connectivity index (χ0v) is 14.8. The van der Waals surface area contributed by atoms with Crippen molar-refractivity contribution in [2.75, 3.05) is 24.3 Å². The molecule has 132 valence electrons. The van der Waals surface area contributed by atoms with Crippen LogP contribution in [0.1, 0.15) is 35.8 Å². The lowest BCUT2D eigenvalue weighted by Crippen LogP contribution is -2.13. The van der Waals surface area contributed by atoms with Gasteiger partial charge in [0.2, 0.25) is 0 Å². The molecule has 25 heavy (non-hydrogen) atoms. The van der Waals surface area contributed by atoms with Gasteiger partial charge in [0.15, 0.2) is 0 Å². The zero-order chi connectivity index (χ0) is 18.2. The summed E-state index contributed by atoms with van der Waals surface area (Å²) in [4.78, 5) is 29.7. The van der Waals surface area contributed by atoms with Gasteiger partial charge in [-0.3, -0.25) is 14.6 Å². The lowest BCUT2D eigenvalue weighted by molar-refractivity contribution is -0.145. The number of rotatable bonds is 7. The van der Waals surface area contributed by atoms with Crippen LogP contribution in [0.15, 0.2) is 42.6 Å². The number of nitrogens with one attached hydrogen (secondary N) is 1. The van der Waals surface area contributed by atoms with Crippen LogP contribution in [0.25, 0.3) is 0 Å². The molecule has 6 nitrogen and oxygen atoms in total. The average molecular weight is 341 g/mol. The first-order chi connectivity index (χ1) is 12.0. The second kappa shape index (κ2) is 8.82. The number of esters is 1. The van der Waals surface area contributed by atoms with Crippen LogP contribution in [0.2, 0.25) is 0 Å². The van der Waals surface area contributed by atoms with Crippen molar-refractivity contribution in [1.82, 2.24) is 4.98 Å². The summed E-state index contributed by atoms with van der Waals surface area (Å²) in [6, 6.07) is 10.9. The summed E-state index contributed by atoms with van der Waals surface area (Å²) < 4.78 is 5.09. The van der Waals surface area contributed by atoms with Gasteiger partial charge in [0.05, 0.1) is 11.3 Å². The standard InChI is InChI=1S/C19H23N3O3/c1-4-5-18(23)25-13-16-7-6-14(12-20-16)19(24)21-15-8-10-17(11-9-15)22(2)3/h6-12H,4-5,13H2,1-3H3,(H,21,24). The highest BCUT2D eigenvalue weighted by molar-refractivity contribution is 6.04. The topological polar surface area (TPSA) is 71.5 Å². The Bertz CT molecular complexity index is 710. The largest absolute Gasteiger partial charge is 0.459 e. The minimum atomic E-state index is -0.243. The molecule has 1 heterocycles. The summed E-state index contributed by atoms with van der Waals surface area (Å²) in [6.45, 7) is 2.04. The minimum absolute atomic E-state index is 0.118. The molecule has 0 atom stereocenters. The van der Waals surface area contributed by atoms with Gasteiger partial charge < -0.3 is 15.0 Å². The van der Waals surface area contributed by atoms with Crippen LogP contribution >= 0.6 is 0 Å². The maximum Gasteiger partial charge on any atom is 0.306 e. The number of aromatic nitrogens is 1. The molecule has 1 aromatic carbocycles. The molecular weight excluding hydrogens is 318 g/mol. The van der Waals surface area contributed by atoms with Crippen molar-refractivity contribution in [2.45, 2.75) is 26.4 Å². The first kappa shape index (κ1) is 18.4. The molecule has 0 aliphatic rings. The molecule has 0 aliphatic heterocycles. The predicted molar refractivity (Wildman–Crippen MR) is 97.7 cm³/mol. The number of ether oxygens (including phenoxy) is 1. The van der Waals surface area contributed by atoms with Gasteiger partial charge in [-0.2, -0.15) is 0 Å². The summed E-state index contributed by atoms with van der Waals surface area (Å²) in [5.74, 6) is -0.480. The summed E-state index contributed by atoms with van der Waals surface area (Å²) in [7, 11) is 3.92. The molecule has 1 N–H and O–H groups in total. The molecule has 0 unspecified atom stereocenters. The fraction of sp³-hybridized carbons (Fsp3) is 0.316. The van der Waals surface area contributed by atoms with Gasteiger partial charge in [0.25, 0.3) is 5.91 Å². The van der Waals surface area contributed by atoms with Crippen molar-refractivity contribution in [3.8, 4) is 0 Å². The van der Waals surface area contributed by atoms with E-state index in [0.717, 1.165) is 12.1 Å². The zero-order valence-electron chi connectivity index (χ0n) is 14.8. The fourth-order valence-corrected chi connectivity index (χ4v) is 2.12. The first-order valence-corrected chi connectivity index (χ1v) is 8.19. The Kier molecular flexibility index (Phi) is 6.51. The van der Waals surface area contributed by atoms with Gasteiger partial charge in [-0.15, -0.1) is 0 Å². The number of hydrogen-bond donors (Lipinski definition) is 1. The number of hydrogen-bond acceptors (Lipinski definition) is 5. The van der Waals surface area contributed by atoms with E-state index in [-0.39, 0.29) is 18.5 Å². The van der Waals surface area contributed by atoms with Crippen molar-refractivity contribution in [3.63, 3.8) is 0 Å². The number of amides is 1. The van der Waals surface area contributed by atoms with Crippen molar-refractivity contribution in [2.24, 2.45) is 0 Å². The van der Waals surface area contributed by atoms with E-state index in [1.165, 1.54) is 6.20 Å². The molecule has 0 radical (unpaired) electrons. The normalized spacial score (nSPS) is 10.2. The highest BCUT2D eigenvalue weighted by Gasteiger charge is 2.08. The van der Waals surface area contributed by atoms with Crippen molar-refractivity contribution in [3.05, 3.63) is 53.9 Å². The minimum Gasteiger partial charge on any atom is -0.459 e. The van der Waals surface area contributed by atoms with Gasteiger partial charge in [-0.25, -0.2) is 0 Å². The molecule has 0 fully saturated rings. The van der Waals surface area contributed by atoms with E-state index < -0.39 is 0 Å². The molecule has 2 aromatic rings. The highest BCUT2D eigenvalue weighted by atomic mass is 16.5. The number of carbonyl (C=O) groups is 2. The lowest BCUT2D eigenvalue weighted by atomic mass is 10.2. The second-order valence-corrected chi connectivity index (χ2v) is 5.84. The van der Waals surface area contributed by atoms with Crippen molar-refractivity contribution in [1.29, 1.82) is 0 Å². The van der Waals surface area contributed by atoms with Crippen molar-refractivity contribution >= 4 is 23.3 Å². The van der Waals surface area contributed by atoms with Gasteiger partial charge in [-0.1, -0.05) is 6.92 Å². The molecule has 0 saturated heterocycles. The van der Waals surface area contributed by atoms with Crippen molar-refractivity contribution < 1.29 is 14.3 Å². The van der Waals surface area contributed by atoms with Crippen LogP contribution in [0, 0.1) is 0 Å². The van der Waals surface area contributed by atoms with Gasteiger partial charge in [0.1, 0.15) is 6.61 Å². The van der Waals surface area contributed by atoms with Gasteiger partial charge in [-0.05, 0) is 42.8 Å². The Morgan fingerprint density at radius 1 is 1.12 bits per heavy atom. The van der Waals surface area contributed by atoms with Crippen LogP contribution in [-0.4, -0.2) is 31.0 Å². The summed E-state index contributed by atoms with van der Waals surface area (Å²) in [6.07, 6.45) is 2.63. The summed E-state index contributed by atoms with van der Waals surface area (Å²) in [5.41, 5.74) is 2.83. The van der Waals surface area contributed by atoms with Gasteiger partial charge in [0, 0.05) is 38.1 Å². The second-order valence-electron chi connectivity index (χ2n) is 5.84. The number of nitrogens with zero attached hydrogens (tertiary/aromatic N) is 2. The Morgan fingerprint density at radius 3 is 2.40 bits per heavy atom. The number of pyridine rings is 1. The number of benzene rings is 1. The Hall–Kier alpha value is -2.89. The van der Waals surface area contributed by atoms with Crippen LogP contribution in [0.4, 0.5) is 11.4 Å². The maximum atomic E-state index is 12.2. The summed E-state index contributed by atoms with van der Waals surface area (Å²) >= 11 is 0. The van der Waals surface area contributed by atoms with E-state index in [1.807, 2.05) is 50.2 Å². The van der Waals surface area contributed by atoms with E-state index >= 15 is 0 Å². The number of carbonyl (C=O) groups excluding carboxylic acids is 2. The smallest absolute Gasteiger partial charge is 0.306 e. The lowest BCUT2D eigenvalue weighted by Gasteiger charge is -2.13. The first-order valence-electron chi connectivity index (χ1n) is 8.19. The Balaban J connectivity index is 1.92. The molecule has 1 aromatic heterocycles. The molecule has 0 bridgehead atoms. The molecule has 6 heteroatoms. The average Bonchev–Trinajstić information content (AvgIpc) is 2.61. The van der Waals surface area contributed by atoms with E-state index in [4.69, 9.17) is 4.74 Å². The molecule has 0 spiro atoms. The monoisotopic (exact) mass is 341 g/mol. The van der Waals surface area contributed by atoms with Crippen LogP contribution in [0.5, 0.6) is 0 Å². The third-order valence-electron chi connectivity index (χ3n) is 3.56. The fourth-order valence-electron chi connectivity index (χ4n) is 2.12. The molecule has 2 rings (SSSR count). The number of anilines is 2. The maximum absolute atomic E-state index is 12.2. The van der Waals surface area contributed by atoms with E-state index in [9.17, 15) is 9.59 Å². The van der Waals surface area contributed by atoms with Crippen LogP contribution < -0.4 is 10.2 Å². The van der Waals surface area contributed by atoms with Gasteiger partial charge >= 0.3 is 5.97 Å². The Labute approximate surface area is 147 Å². The van der Waals surface area contributed by atoms with Crippen LogP contribution in [0.3, 0.4) is 0 Å². The molecule has 0 saturated carbocycles. The summed E-state index contributed by atoms with van der Waals surface area (Å²) in [5, 5.41) is 2.83. The Morgan fingerprint density at radius 2 is 1.84 bits per heavy atom. The highest BCUT2D eigenvalue weighted by Crippen LogP contribution is 2.16. The third kappa shape index (κ3) is 5.60. The van der Waals surface area contributed by atoms with E-state index in [2.05, 4.69) is 10.3 Å². The quantitative estimate of drug-likeness (QED) is 0.783. The van der Waals surface area contributed by atoms with E-state index in [1.54, 1.807) is 12.1 Å². The SMILES string of the molecule is CCCC(=O)OCc1ccc(C(=O)Nc2ccc(N(C)C)cc2)cn1. The predicted octanol–water partition coefficient (Wildman–Crippen LogP) is 3.24. The van der Waals surface area contributed by atoms with E-state index in [0.29, 0.717) is 23.4 Å². The van der Waals surface area contributed by atoms with Crippen LogP contribution in [-0.2, 0) is 16.1 Å². The molecular formula is C19H23N3O3.